The fourth-order valence-corrected chi connectivity index (χ4v) is 2.41. The standard InChI is InChI=1S/C19H19ClN4O/c1-2-24(11-8-15-6-9-22-10-7-15)14-16(13-21)19(25)23-18-5-3-4-17(20)12-18/h3-7,9-10,12,14H,2,8,11H2,1H3,(H,23,25)/b16-14-. The third-order valence-electron chi connectivity index (χ3n) is 3.60. The van der Waals surface area contributed by atoms with Crippen LogP contribution in [0.2, 0.25) is 5.02 Å². The first-order valence-corrected chi connectivity index (χ1v) is 8.32. The summed E-state index contributed by atoms with van der Waals surface area (Å²) in [6, 6.07) is 12.7. The highest BCUT2D eigenvalue weighted by Crippen LogP contribution is 2.15. The van der Waals surface area contributed by atoms with E-state index in [9.17, 15) is 10.1 Å². The minimum atomic E-state index is -0.452. The number of aromatic nitrogens is 1. The largest absolute Gasteiger partial charge is 0.376 e. The molecule has 6 heteroatoms. The summed E-state index contributed by atoms with van der Waals surface area (Å²) in [5.74, 6) is -0.452. The Morgan fingerprint density at radius 2 is 2.12 bits per heavy atom. The SMILES string of the molecule is CCN(/C=C(/C#N)C(=O)Nc1cccc(Cl)c1)CCc1ccncc1. The van der Waals surface area contributed by atoms with Crippen LogP contribution in [0.1, 0.15) is 12.5 Å². The average molecular weight is 355 g/mol. The minimum Gasteiger partial charge on any atom is -0.376 e. The molecule has 0 fully saturated rings. The van der Waals surface area contributed by atoms with E-state index in [1.165, 1.54) is 0 Å². The number of nitrogens with one attached hydrogen (secondary N) is 1. The van der Waals surface area contributed by atoms with Gasteiger partial charge in [-0.1, -0.05) is 17.7 Å². The molecule has 2 aromatic rings. The van der Waals surface area contributed by atoms with Gasteiger partial charge in [0, 0.05) is 42.4 Å². The minimum absolute atomic E-state index is 0.0524. The summed E-state index contributed by atoms with van der Waals surface area (Å²) in [5.41, 5.74) is 1.76. The lowest BCUT2D eigenvalue weighted by atomic mass is 10.2. The number of carbonyl (C=O) groups excluding carboxylic acids is 1. The maximum absolute atomic E-state index is 12.3. The van der Waals surface area contributed by atoms with Crippen LogP contribution in [-0.4, -0.2) is 28.9 Å². The second-order valence-electron chi connectivity index (χ2n) is 5.35. The summed E-state index contributed by atoms with van der Waals surface area (Å²) in [5, 5.41) is 12.5. The third kappa shape index (κ3) is 5.94. The third-order valence-corrected chi connectivity index (χ3v) is 3.84. The van der Waals surface area contributed by atoms with Crippen molar-refractivity contribution >= 4 is 23.2 Å². The van der Waals surface area contributed by atoms with E-state index in [1.807, 2.05) is 30.0 Å². The molecule has 1 aromatic carbocycles. The van der Waals surface area contributed by atoms with Crippen LogP contribution in [0, 0.1) is 11.3 Å². The second kappa shape index (κ2) is 9.45. The van der Waals surface area contributed by atoms with E-state index in [1.54, 1.807) is 42.9 Å². The van der Waals surface area contributed by atoms with Gasteiger partial charge in [-0.05, 0) is 49.2 Å². The van der Waals surface area contributed by atoms with Gasteiger partial charge in [0.1, 0.15) is 11.6 Å². The van der Waals surface area contributed by atoms with Crippen molar-refractivity contribution in [3.63, 3.8) is 0 Å². The van der Waals surface area contributed by atoms with Crippen molar-refractivity contribution in [1.82, 2.24) is 9.88 Å². The number of hydrogen-bond donors (Lipinski definition) is 1. The van der Waals surface area contributed by atoms with Crippen LogP contribution < -0.4 is 5.32 Å². The molecule has 0 aliphatic heterocycles. The molecule has 0 atom stereocenters. The Morgan fingerprint density at radius 1 is 1.36 bits per heavy atom. The predicted molar refractivity (Wildman–Crippen MR) is 99.0 cm³/mol. The number of anilines is 1. The van der Waals surface area contributed by atoms with E-state index in [0.29, 0.717) is 23.8 Å². The first-order valence-electron chi connectivity index (χ1n) is 7.94. The van der Waals surface area contributed by atoms with Crippen LogP contribution in [0.5, 0.6) is 0 Å². The zero-order chi connectivity index (χ0) is 18.1. The molecule has 1 aromatic heterocycles. The molecule has 0 spiro atoms. The summed E-state index contributed by atoms with van der Waals surface area (Å²) < 4.78 is 0. The summed E-state index contributed by atoms with van der Waals surface area (Å²) in [4.78, 5) is 18.2. The average Bonchev–Trinajstić information content (AvgIpc) is 2.63. The number of hydrogen-bond acceptors (Lipinski definition) is 4. The lowest BCUT2D eigenvalue weighted by Crippen LogP contribution is -2.23. The number of nitrogens with zero attached hydrogens (tertiary/aromatic N) is 3. The van der Waals surface area contributed by atoms with Crippen LogP contribution in [-0.2, 0) is 11.2 Å². The lowest BCUT2D eigenvalue weighted by molar-refractivity contribution is -0.112. The molecule has 2 rings (SSSR count). The van der Waals surface area contributed by atoms with Gasteiger partial charge in [0.05, 0.1) is 0 Å². The number of pyridine rings is 1. The highest BCUT2D eigenvalue weighted by atomic mass is 35.5. The van der Waals surface area contributed by atoms with Gasteiger partial charge in [0.25, 0.3) is 5.91 Å². The fraction of sp³-hybridized carbons (Fsp3) is 0.211. The lowest BCUT2D eigenvalue weighted by Gasteiger charge is -2.18. The zero-order valence-electron chi connectivity index (χ0n) is 13.9. The molecule has 128 valence electrons. The quantitative estimate of drug-likeness (QED) is 0.608. The highest BCUT2D eigenvalue weighted by Gasteiger charge is 2.11. The Kier molecular flexibility index (Phi) is 7.00. The van der Waals surface area contributed by atoms with E-state index in [4.69, 9.17) is 11.6 Å². The maximum Gasteiger partial charge on any atom is 0.267 e. The maximum atomic E-state index is 12.3. The van der Waals surface area contributed by atoms with Gasteiger partial charge < -0.3 is 10.2 Å². The van der Waals surface area contributed by atoms with Gasteiger partial charge in [0.15, 0.2) is 0 Å². The van der Waals surface area contributed by atoms with Crippen molar-refractivity contribution in [2.45, 2.75) is 13.3 Å². The fourth-order valence-electron chi connectivity index (χ4n) is 2.22. The molecule has 0 bridgehead atoms. The van der Waals surface area contributed by atoms with Gasteiger partial charge >= 0.3 is 0 Å². The van der Waals surface area contributed by atoms with Crippen LogP contribution in [0.3, 0.4) is 0 Å². The Balaban J connectivity index is 2.03. The molecule has 0 radical (unpaired) electrons. The second-order valence-corrected chi connectivity index (χ2v) is 5.79. The monoisotopic (exact) mass is 354 g/mol. The Labute approximate surface area is 152 Å². The smallest absolute Gasteiger partial charge is 0.267 e. The van der Waals surface area contributed by atoms with Crippen LogP contribution in [0.25, 0.3) is 0 Å². The van der Waals surface area contributed by atoms with Gasteiger partial charge in [-0.15, -0.1) is 0 Å². The molecular weight excluding hydrogens is 336 g/mol. The van der Waals surface area contributed by atoms with E-state index in [0.717, 1.165) is 12.0 Å². The number of rotatable bonds is 7. The number of likely N-dealkylation sites (N-methyl/N-ethyl adjacent to an activating group) is 1. The number of nitriles is 1. The van der Waals surface area contributed by atoms with Crippen molar-refractivity contribution in [1.29, 1.82) is 5.26 Å². The number of amides is 1. The van der Waals surface area contributed by atoms with Crippen molar-refractivity contribution in [2.75, 3.05) is 18.4 Å². The number of benzene rings is 1. The van der Waals surface area contributed by atoms with E-state index in [2.05, 4.69) is 10.3 Å². The first kappa shape index (κ1) is 18.5. The predicted octanol–water partition coefficient (Wildman–Crippen LogP) is 3.65. The molecule has 0 saturated carbocycles. The molecule has 1 heterocycles. The van der Waals surface area contributed by atoms with Crippen LogP contribution >= 0.6 is 11.6 Å². The molecule has 0 aliphatic carbocycles. The Morgan fingerprint density at radius 3 is 2.76 bits per heavy atom. The molecule has 0 aliphatic rings. The molecule has 5 nitrogen and oxygen atoms in total. The topological polar surface area (TPSA) is 69.0 Å². The van der Waals surface area contributed by atoms with Crippen LogP contribution in [0.4, 0.5) is 5.69 Å². The summed E-state index contributed by atoms with van der Waals surface area (Å²) in [7, 11) is 0. The van der Waals surface area contributed by atoms with Gasteiger partial charge in [-0.25, -0.2) is 0 Å². The molecule has 1 N–H and O–H groups in total. The van der Waals surface area contributed by atoms with E-state index in [-0.39, 0.29) is 5.57 Å². The summed E-state index contributed by atoms with van der Waals surface area (Å²) in [6.07, 6.45) is 5.91. The highest BCUT2D eigenvalue weighted by molar-refractivity contribution is 6.31. The zero-order valence-corrected chi connectivity index (χ0v) is 14.7. The van der Waals surface area contributed by atoms with Crippen molar-refractivity contribution in [2.24, 2.45) is 0 Å². The van der Waals surface area contributed by atoms with Crippen LogP contribution in [0.15, 0.2) is 60.6 Å². The molecule has 0 unspecified atom stereocenters. The van der Waals surface area contributed by atoms with Gasteiger partial charge in [-0.3, -0.25) is 9.78 Å². The normalized spacial score (nSPS) is 10.8. The Bertz CT molecular complexity index is 784. The summed E-state index contributed by atoms with van der Waals surface area (Å²) >= 11 is 5.90. The molecule has 1 amide bonds. The number of halogens is 1. The van der Waals surface area contributed by atoms with Crippen molar-refractivity contribution in [3.8, 4) is 6.07 Å². The summed E-state index contributed by atoms with van der Waals surface area (Å²) in [6.45, 7) is 3.38. The van der Waals surface area contributed by atoms with Crippen molar-refractivity contribution < 1.29 is 4.79 Å². The number of carbonyl (C=O) groups is 1. The molecule has 0 saturated heterocycles. The van der Waals surface area contributed by atoms with Gasteiger partial charge in [0.2, 0.25) is 0 Å². The van der Waals surface area contributed by atoms with Gasteiger partial charge in [-0.2, -0.15) is 5.26 Å². The van der Waals surface area contributed by atoms with Crippen molar-refractivity contribution in [3.05, 3.63) is 71.2 Å². The first-order chi connectivity index (χ1) is 12.1. The Hall–Kier alpha value is -2.84. The molecule has 25 heavy (non-hydrogen) atoms. The van der Waals surface area contributed by atoms with E-state index < -0.39 is 5.91 Å². The van der Waals surface area contributed by atoms with E-state index >= 15 is 0 Å². The molecular formula is C19H19ClN4O.